The molecule has 0 unspecified atom stereocenters. The quantitative estimate of drug-likeness (QED) is 0.345. The fraction of sp³-hybridized carbons (Fsp3) is 0.176. The lowest BCUT2D eigenvalue weighted by Crippen LogP contribution is -2.35. The summed E-state index contributed by atoms with van der Waals surface area (Å²) in [6.45, 7) is 1.58. The normalized spacial score (nSPS) is 11.5. The Balaban J connectivity index is 1.97. The van der Waals surface area contributed by atoms with Crippen LogP contribution in [0.15, 0.2) is 42.5 Å². The highest BCUT2D eigenvalue weighted by Gasteiger charge is 2.21. The lowest BCUT2D eigenvalue weighted by molar-refractivity contribution is -0.384. The smallest absolute Gasteiger partial charge is 0.341 e. The molecule has 0 aliphatic heterocycles. The van der Waals surface area contributed by atoms with E-state index in [-0.39, 0.29) is 23.5 Å². The van der Waals surface area contributed by atoms with E-state index in [2.05, 4.69) is 5.32 Å². The molecule has 8 nitrogen and oxygen atoms in total. The van der Waals surface area contributed by atoms with Gasteiger partial charge in [-0.15, -0.1) is 0 Å². The number of hydrogen-bond acceptors (Lipinski definition) is 6. The minimum atomic E-state index is -1.08. The maximum absolute atomic E-state index is 12.1. The molecule has 136 valence electrons. The molecule has 2 aromatic rings. The van der Waals surface area contributed by atoms with E-state index in [4.69, 9.17) is 22.1 Å². The lowest BCUT2D eigenvalue weighted by atomic mass is 10.1. The molecule has 2 aromatic carbocycles. The average molecular weight is 378 g/mol. The number of nitro groups is 1. The van der Waals surface area contributed by atoms with Crippen molar-refractivity contribution in [3.8, 4) is 0 Å². The van der Waals surface area contributed by atoms with Crippen molar-refractivity contribution >= 4 is 34.9 Å². The first kappa shape index (κ1) is 19.2. The summed E-state index contributed by atoms with van der Waals surface area (Å²) in [7, 11) is 0. The third-order valence-corrected chi connectivity index (χ3v) is 3.90. The summed E-state index contributed by atoms with van der Waals surface area (Å²) < 4.78 is 5.06. The molecule has 3 N–H and O–H groups in total. The van der Waals surface area contributed by atoms with Crippen molar-refractivity contribution in [2.45, 2.75) is 19.6 Å². The number of nitrogen functional groups attached to an aromatic ring is 1. The van der Waals surface area contributed by atoms with E-state index in [0.717, 1.165) is 17.7 Å². The number of nitrogens with zero attached hydrogens (tertiary/aromatic N) is 1. The number of rotatable bonds is 6. The first-order valence-electron chi connectivity index (χ1n) is 7.55. The van der Waals surface area contributed by atoms with Crippen LogP contribution in [0.5, 0.6) is 0 Å². The number of nitrogens with two attached hydrogens (primary N) is 1. The molecular weight excluding hydrogens is 362 g/mol. The number of carbonyl (C=O) groups is 2. The van der Waals surface area contributed by atoms with Crippen molar-refractivity contribution in [1.29, 1.82) is 0 Å². The molecule has 1 amide bonds. The van der Waals surface area contributed by atoms with Crippen molar-refractivity contribution in [3.05, 3.63) is 68.7 Å². The third kappa shape index (κ3) is 4.70. The van der Waals surface area contributed by atoms with Gasteiger partial charge in [-0.05, 0) is 24.6 Å². The summed E-state index contributed by atoms with van der Waals surface area (Å²) >= 11 is 6.01. The summed E-state index contributed by atoms with van der Waals surface area (Å²) in [5.41, 5.74) is 5.96. The van der Waals surface area contributed by atoms with Gasteiger partial charge in [0.05, 0.1) is 16.2 Å². The number of benzene rings is 2. The average Bonchev–Trinajstić information content (AvgIpc) is 2.60. The predicted octanol–water partition coefficient (Wildman–Crippen LogP) is 2.69. The highest BCUT2D eigenvalue weighted by molar-refractivity contribution is 6.31. The van der Waals surface area contributed by atoms with Gasteiger partial charge in [0.25, 0.3) is 11.6 Å². The fourth-order valence-electron chi connectivity index (χ4n) is 2.09. The molecule has 0 aliphatic rings. The van der Waals surface area contributed by atoms with Crippen molar-refractivity contribution in [3.63, 3.8) is 0 Å². The van der Waals surface area contributed by atoms with Crippen molar-refractivity contribution in [1.82, 2.24) is 5.32 Å². The number of esters is 1. The van der Waals surface area contributed by atoms with Crippen molar-refractivity contribution in [2.75, 3.05) is 5.73 Å². The van der Waals surface area contributed by atoms with E-state index in [1.165, 1.54) is 13.0 Å². The summed E-state index contributed by atoms with van der Waals surface area (Å²) in [6, 6.07) is 10.4. The zero-order valence-corrected chi connectivity index (χ0v) is 14.5. The molecule has 0 saturated heterocycles. The second kappa shape index (κ2) is 8.30. The number of amides is 1. The van der Waals surface area contributed by atoms with Crippen LogP contribution in [0.3, 0.4) is 0 Å². The van der Waals surface area contributed by atoms with Crippen LogP contribution >= 0.6 is 11.6 Å². The largest absolute Gasteiger partial charge is 0.449 e. The minimum Gasteiger partial charge on any atom is -0.449 e. The summed E-state index contributed by atoms with van der Waals surface area (Å²) in [5.74, 6) is -1.36. The Morgan fingerprint density at radius 1 is 1.31 bits per heavy atom. The predicted molar refractivity (Wildman–Crippen MR) is 95.7 cm³/mol. The lowest BCUT2D eigenvalue weighted by Gasteiger charge is -2.14. The van der Waals surface area contributed by atoms with Gasteiger partial charge in [-0.1, -0.05) is 29.8 Å². The molecule has 2 rings (SSSR count). The molecule has 9 heteroatoms. The van der Waals surface area contributed by atoms with E-state index in [0.29, 0.717) is 5.02 Å². The summed E-state index contributed by atoms with van der Waals surface area (Å²) in [6.07, 6.45) is -1.08. The molecule has 0 spiro atoms. The van der Waals surface area contributed by atoms with Gasteiger partial charge >= 0.3 is 5.97 Å². The van der Waals surface area contributed by atoms with Crippen molar-refractivity contribution in [2.24, 2.45) is 0 Å². The van der Waals surface area contributed by atoms with Crippen LogP contribution < -0.4 is 11.1 Å². The van der Waals surface area contributed by atoms with Gasteiger partial charge in [0.2, 0.25) is 0 Å². The van der Waals surface area contributed by atoms with Gasteiger partial charge < -0.3 is 15.8 Å². The van der Waals surface area contributed by atoms with Gasteiger partial charge in [-0.2, -0.15) is 0 Å². The van der Waals surface area contributed by atoms with Crippen LogP contribution in [-0.4, -0.2) is 22.9 Å². The standard InChI is InChI=1S/C17H16ClN3O5/c1-10(16(22)20-9-11-4-2-3-5-14(11)18)26-17(23)13-7-6-12(21(24)25)8-15(13)19/h2-8,10H,9,19H2,1H3,(H,20,22)/t10-/m1/s1. The van der Waals surface area contributed by atoms with E-state index >= 15 is 0 Å². The van der Waals surface area contributed by atoms with Gasteiger partial charge in [-0.25, -0.2) is 4.79 Å². The molecule has 1 atom stereocenters. The Morgan fingerprint density at radius 2 is 2.00 bits per heavy atom. The van der Waals surface area contributed by atoms with E-state index in [1.807, 2.05) is 0 Å². The molecular formula is C17H16ClN3O5. The molecule has 0 saturated carbocycles. The second-order valence-corrected chi connectivity index (χ2v) is 5.79. The number of nitro benzene ring substituents is 1. The molecule has 0 aromatic heterocycles. The number of anilines is 1. The summed E-state index contributed by atoms with van der Waals surface area (Å²) in [4.78, 5) is 34.2. The number of ether oxygens (including phenoxy) is 1. The van der Waals surface area contributed by atoms with Gasteiger partial charge in [-0.3, -0.25) is 14.9 Å². The van der Waals surface area contributed by atoms with Crippen LogP contribution in [0.1, 0.15) is 22.8 Å². The van der Waals surface area contributed by atoms with Crippen LogP contribution in [0, 0.1) is 10.1 Å². The van der Waals surface area contributed by atoms with Crippen LogP contribution in [0.4, 0.5) is 11.4 Å². The fourth-order valence-corrected chi connectivity index (χ4v) is 2.30. The van der Waals surface area contributed by atoms with Gasteiger partial charge in [0.15, 0.2) is 6.10 Å². The topological polar surface area (TPSA) is 125 Å². The number of hydrogen-bond donors (Lipinski definition) is 2. The molecule has 0 heterocycles. The van der Waals surface area contributed by atoms with Gasteiger partial charge in [0, 0.05) is 23.7 Å². The van der Waals surface area contributed by atoms with E-state index in [9.17, 15) is 19.7 Å². The number of nitrogens with one attached hydrogen (secondary N) is 1. The molecule has 0 aliphatic carbocycles. The molecule has 26 heavy (non-hydrogen) atoms. The maximum Gasteiger partial charge on any atom is 0.341 e. The van der Waals surface area contributed by atoms with Crippen LogP contribution in [0.25, 0.3) is 0 Å². The van der Waals surface area contributed by atoms with E-state index < -0.39 is 22.9 Å². The number of non-ortho nitro benzene ring substituents is 1. The van der Waals surface area contributed by atoms with Crippen molar-refractivity contribution < 1.29 is 19.2 Å². The Morgan fingerprint density at radius 3 is 2.62 bits per heavy atom. The first-order chi connectivity index (χ1) is 12.3. The van der Waals surface area contributed by atoms with Crippen LogP contribution in [0.2, 0.25) is 5.02 Å². The zero-order valence-electron chi connectivity index (χ0n) is 13.8. The third-order valence-electron chi connectivity index (χ3n) is 3.53. The molecule has 0 bridgehead atoms. The summed E-state index contributed by atoms with van der Waals surface area (Å²) in [5, 5.41) is 13.8. The van der Waals surface area contributed by atoms with E-state index in [1.54, 1.807) is 24.3 Å². The Bertz CT molecular complexity index is 856. The molecule has 0 radical (unpaired) electrons. The Hall–Kier alpha value is -3.13. The highest BCUT2D eigenvalue weighted by Crippen LogP contribution is 2.21. The minimum absolute atomic E-state index is 0.0543. The molecule has 0 fully saturated rings. The van der Waals surface area contributed by atoms with Gasteiger partial charge in [0.1, 0.15) is 0 Å². The monoisotopic (exact) mass is 377 g/mol. The highest BCUT2D eigenvalue weighted by atomic mass is 35.5. The number of halogens is 1. The SMILES string of the molecule is C[C@@H](OC(=O)c1ccc([N+](=O)[O-])cc1N)C(=O)NCc1ccccc1Cl. The Labute approximate surface area is 154 Å². The first-order valence-corrected chi connectivity index (χ1v) is 7.93. The Kier molecular flexibility index (Phi) is 6.13. The zero-order chi connectivity index (χ0) is 19.3. The maximum atomic E-state index is 12.1. The van der Waals surface area contributed by atoms with Crippen LogP contribution in [-0.2, 0) is 16.1 Å². The number of carbonyl (C=O) groups excluding carboxylic acids is 2. The second-order valence-electron chi connectivity index (χ2n) is 5.39.